The number of carbonyl (C=O) groups excluding carboxylic acids is 3. The van der Waals surface area contributed by atoms with E-state index in [-0.39, 0.29) is 94.8 Å². The number of aliphatic hydroxyl groups excluding tert-OH is 1. The van der Waals surface area contributed by atoms with Crippen molar-refractivity contribution in [3.05, 3.63) is 76.1 Å². The Hall–Kier alpha value is -2.38. The van der Waals surface area contributed by atoms with Gasteiger partial charge in [0.15, 0.2) is 17.0 Å². The molecule has 2 aromatic rings. The summed E-state index contributed by atoms with van der Waals surface area (Å²) >= 11 is 0. The van der Waals surface area contributed by atoms with E-state index in [1.807, 2.05) is 0 Å². The Bertz CT molecular complexity index is 1330. The minimum atomic E-state index is -1.64. The van der Waals surface area contributed by atoms with Crippen LogP contribution in [0.2, 0.25) is 0 Å². The Balaban J connectivity index is 0.00000228. The molecule has 36 heavy (non-hydrogen) atoms. The molecule has 0 spiro atoms. The van der Waals surface area contributed by atoms with Gasteiger partial charge >= 0.3 is 59.1 Å². The maximum atomic E-state index is 12.4. The fourth-order valence-corrected chi connectivity index (χ4v) is 3.52. The molecule has 4 rings (SSSR count). The van der Waals surface area contributed by atoms with Crippen molar-refractivity contribution in [1.82, 2.24) is 0 Å². The van der Waals surface area contributed by atoms with E-state index in [9.17, 15) is 34.5 Å². The minimum absolute atomic E-state index is 0. The summed E-state index contributed by atoms with van der Waals surface area (Å²) in [5, 5.41) is 32.2. The molecule has 0 saturated heterocycles. The van der Waals surface area contributed by atoms with Crippen molar-refractivity contribution in [2.45, 2.75) is 12.2 Å². The van der Waals surface area contributed by atoms with Gasteiger partial charge in [-0.05, 0) is 24.3 Å². The van der Waals surface area contributed by atoms with Crippen LogP contribution in [0.5, 0.6) is 5.75 Å². The number of ether oxygens (including phenoxy) is 3. The zero-order valence-electron chi connectivity index (χ0n) is 19.3. The van der Waals surface area contributed by atoms with Crippen molar-refractivity contribution in [1.29, 1.82) is 0 Å². The van der Waals surface area contributed by atoms with Gasteiger partial charge in [0.1, 0.15) is 71.5 Å². The standard InChI is InChI=1S/C23H18O11.2Na/c24-11(9-31-14-3-1-5-16-20(14)12(25)7-18(33-16)22(27)28)10-32-15-4-2-6-17-21(15)13(26)8-19(34-17)23(29)30;;/h1-8,11,16,20,24H,9-10H2,(H,27,28)(H,29,30);;/q;2*+1/p-2. The quantitative estimate of drug-likeness (QED) is 0.331. The Morgan fingerprint density at radius 3 is 2.50 bits per heavy atom. The summed E-state index contributed by atoms with van der Waals surface area (Å²) in [5.41, 5.74) is -0.688. The Kier molecular flexibility index (Phi) is 10.6. The molecule has 0 saturated carbocycles. The molecule has 2 aliphatic rings. The molecule has 1 aromatic heterocycles. The van der Waals surface area contributed by atoms with Crippen LogP contribution in [0, 0.1) is 5.92 Å². The fraction of sp³-hybridized carbons (Fsp3) is 0.217. The molecule has 1 N–H and O–H groups in total. The Morgan fingerprint density at radius 1 is 1.08 bits per heavy atom. The molecule has 3 unspecified atom stereocenters. The number of aliphatic carboxylic acids is 1. The third-order valence-corrected chi connectivity index (χ3v) is 5.03. The van der Waals surface area contributed by atoms with Crippen LogP contribution >= 0.6 is 0 Å². The first-order chi connectivity index (χ1) is 16.2. The molecule has 2 heterocycles. The van der Waals surface area contributed by atoms with E-state index in [0.29, 0.717) is 0 Å². The second kappa shape index (κ2) is 12.7. The second-order valence-corrected chi connectivity index (χ2v) is 7.38. The number of benzene rings is 1. The van der Waals surface area contributed by atoms with E-state index in [4.69, 9.17) is 18.6 Å². The van der Waals surface area contributed by atoms with E-state index in [1.165, 1.54) is 36.4 Å². The average molecular weight is 514 g/mol. The number of fused-ring (bicyclic) bond motifs is 2. The van der Waals surface area contributed by atoms with Crippen molar-refractivity contribution in [3.63, 3.8) is 0 Å². The van der Waals surface area contributed by atoms with Gasteiger partial charge in [0, 0.05) is 12.1 Å². The average Bonchev–Trinajstić information content (AvgIpc) is 2.80. The van der Waals surface area contributed by atoms with Crippen LogP contribution in [0.15, 0.2) is 69.3 Å². The normalized spacial score (nSPS) is 18.9. The number of carbonyl (C=O) groups is 3. The zero-order chi connectivity index (χ0) is 24.4. The molecule has 13 heteroatoms. The van der Waals surface area contributed by atoms with Gasteiger partial charge in [0.2, 0.25) is 0 Å². The van der Waals surface area contributed by atoms with Crippen molar-refractivity contribution in [2.75, 3.05) is 13.2 Å². The number of ketones is 1. The van der Waals surface area contributed by atoms with Crippen LogP contribution in [0.4, 0.5) is 0 Å². The number of carboxylic acid groups (broad SMARTS) is 2. The van der Waals surface area contributed by atoms with Gasteiger partial charge in [0.25, 0.3) is 0 Å². The Morgan fingerprint density at radius 2 is 1.81 bits per heavy atom. The molecule has 1 aromatic carbocycles. The van der Waals surface area contributed by atoms with E-state index in [2.05, 4.69) is 0 Å². The third kappa shape index (κ3) is 6.48. The zero-order valence-corrected chi connectivity index (χ0v) is 23.3. The fourth-order valence-electron chi connectivity index (χ4n) is 3.52. The van der Waals surface area contributed by atoms with E-state index >= 15 is 0 Å². The molecule has 11 nitrogen and oxygen atoms in total. The molecular weight excluding hydrogens is 498 g/mol. The topological polar surface area (TPSA) is 175 Å². The van der Waals surface area contributed by atoms with Crippen molar-refractivity contribution in [2.24, 2.45) is 5.92 Å². The molecule has 0 fully saturated rings. The molecule has 1 aliphatic carbocycles. The smallest absolute Gasteiger partial charge is 0.542 e. The molecular formula is C23H16Na2O11. The summed E-state index contributed by atoms with van der Waals surface area (Å²) in [7, 11) is 0. The number of hydrogen-bond acceptors (Lipinski definition) is 11. The SMILES string of the molecule is O=C([O-])C1=CC(=O)C2C(OCC(O)COc3cccc4oc(C(=O)[O-])cc(=O)c34)=CC=CC2O1.[Na+].[Na+]. The van der Waals surface area contributed by atoms with Crippen LogP contribution in [0.25, 0.3) is 11.0 Å². The van der Waals surface area contributed by atoms with Gasteiger partial charge in [-0.1, -0.05) is 12.1 Å². The van der Waals surface area contributed by atoms with Gasteiger partial charge in [-0.15, -0.1) is 0 Å². The van der Waals surface area contributed by atoms with Gasteiger partial charge in [-0.2, -0.15) is 0 Å². The van der Waals surface area contributed by atoms with Gasteiger partial charge in [0.05, 0.1) is 0 Å². The molecule has 176 valence electrons. The predicted molar refractivity (Wildman–Crippen MR) is 108 cm³/mol. The summed E-state index contributed by atoms with van der Waals surface area (Å²) in [6.45, 7) is -0.599. The Labute approximate surface area is 247 Å². The van der Waals surface area contributed by atoms with E-state index < -0.39 is 52.8 Å². The first-order valence-electron chi connectivity index (χ1n) is 9.98. The maximum Gasteiger partial charge on any atom is 1.00 e. The third-order valence-electron chi connectivity index (χ3n) is 5.03. The molecule has 0 amide bonds. The van der Waals surface area contributed by atoms with E-state index in [1.54, 1.807) is 0 Å². The summed E-state index contributed by atoms with van der Waals surface area (Å²) in [4.78, 5) is 46.6. The van der Waals surface area contributed by atoms with Crippen molar-refractivity contribution < 1.29 is 107 Å². The first-order valence-corrected chi connectivity index (χ1v) is 9.98. The largest absolute Gasteiger partial charge is 1.00 e. The number of allylic oxidation sites excluding steroid dienone is 3. The molecule has 0 radical (unpaired) electrons. The number of aliphatic hydroxyl groups is 1. The second-order valence-electron chi connectivity index (χ2n) is 7.38. The predicted octanol–water partition coefficient (Wildman–Crippen LogP) is -7.41. The summed E-state index contributed by atoms with van der Waals surface area (Å²) < 4.78 is 21.4. The van der Waals surface area contributed by atoms with Crippen LogP contribution in [0.1, 0.15) is 10.6 Å². The van der Waals surface area contributed by atoms with Crippen molar-refractivity contribution >= 4 is 28.7 Å². The monoisotopic (exact) mass is 514 g/mol. The first kappa shape index (κ1) is 29.8. The summed E-state index contributed by atoms with van der Waals surface area (Å²) in [5.74, 6) is -5.67. The van der Waals surface area contributed by atoms with Gasteiger partial charge in [-0.25, -0.2) is 0 Å². The van der Waals surface area contributed by atoms with Crippen LogP contribution in [0.3, 0.4) is 0 Å². The summed E-state index contributed by atoms with van der Waals surface area (Å²) in [6, 6.07) is 5.08. The van der Waals surface area contributed by atoms with Crippen molar-refractivity contribution in [3.8, 4) is 5.75 Å². The van der Waals surface area contributed by atoms with Crippen LogP contribution < -0.4 is 79.5 Å². The maximum absolute atomic E-state index is 12.4. The molecule has 0 bridgehead atoms. The van der Waals surface area contributed by atoms with Crippen LogP contribution in [-0.4, -0.2) is 48.3 Å². The number of rotatable bonds is 8. The summed E-state index contributed by atoms with van der Waals surface area (Å²) in [6.07, 6.45) is 3.27. The number of carboxylic acids is 2. The van der Waals surface area contributed by atoms with Crippen LogP contribution in [-0.2, 0) is 19.1 Å². The number of aromatic carboxylic acids is 1. The van der Waals surface area contributed by atoms with E-state index in [0.717, 1.165) is 12.1 Å². The molecule has 1 aliphatic heterocycles. The molecule has 3 atom stereocenters. The minimum Gasteiger partial charge on any atom is -0.542 e. The van der Waals surface area contributed by atoms with Gasteiger partial charge < -0.3 is 43.5 Å². The number of hydrogen-bond donors (Lipinski definition) is 1. The van der Waals surface area contributed by atoms with Gasteiger partial charge in [-0.3, -0.25) is 9.59 Å².